The summed E-state index contributed by atoms with van der Waals surface area (Å²) in [4.78, 5) is 17.6. The van der Waals surface area contributed by atoms with E-state index in [9.17, 15) is 13.6 Å². The van der Waals surface area contributed by atoms with Gasteiger partial charge in [-0.15, -0.1) is 0 Å². The minimum absolute atomic E-state index is 0.302. The van der Waals surface area contributed by atoms with Crippen LogP contribution in [-0.4, -0.2) is 41.1 Å². The monoisotopic (exact) mass is 589 g/mol. The summed E-state index contributed by atoms with van der Waals surface area (Å²) in [6, 6.07) is 29.7. The maximum absolute atomic E-state index is 14.8. The molecule has 0 aliphatic carbocycles. The molecule has 0 aliphatic rings. The molecule has 1 N–H and O–H groups in total. The van der Waals surface area contributed by atoms with Crippen LogP contribution in [0.15, 0.2) is 97.1 Å². The molecule has 0 atom stereocenters. The lowest BCUT2D eigenvalue weighted by Gasteiger charge is -2.27. The number of nitrogens with zero attached hydrogens (tertiary/aromatic N) is 2. The lowest BCUT2D eigenvalue weighted by atomic mass is 10.1. The molecule has 0 bridgehead atoms. The van der Waals surface area contributed by atoms with Crippen LogP contribution in [0.25, 0.3) is 0 Å². The fraction of sp³-hybridized carbons (Fsp3) is 0.294. The summed E-state index contributed by atoms with van der Waals surface area (Å²) < 4.78 is 46.7. The summed E-state index contributed by atoms with van der Waals surface area (Å²) in [6.45, 7) is 4.97. The molecule has 1 aromatic heterocycles. The Hall–Kier alpha value is -4.66. The smallest absolute Gasteiger partial charge is 0.410 e. The van der Waals surface area contributed by atoms with Gasteiger partial charge < -0.3 is 24.4 Å². The van der Waals surface area contributed by atoms with Crippen molar-refractivity contribution in [1.82, 2.24) is 9.88 Å². The summed E-state index contributed by atoms with van der Waals surface area (Å²) in [7, 11) is 1.30. The number of anilines is 2. The predicted molar refractivity (Wildman–Crippen MR) is 163 cm³/mol. The van der Waals surface area contributed by atoms with Crippen LogP contribution in [-0.2, 0) is 24.4 Å². The van der Waals surface area contributed by atoms with E-state index in [1.165, 1.54) is 7.05 Å². The van der Waals surface area contributed by atoms with Crippen LogP contribution >= 0.6 is 0 Å². The van der Waals surface area contributed by atoms with Gasteiger partial charge in [0.25, 0.3) is 5.92 Å². The largest absolute Gasteiger partial charge is 0.473 e. The standard InChI is InChI=1S/C34H37F2N3O4/c1-33(2,3)43-32(40)39(4)24-34(35,36)21-25-15-17-28(18-16-25)37-29-19-20-30(41-22-26-11-7-5-8-12-26)38-31(29)42-23-27-13-9-6-10-14-27/h5-20,37H,21-24H2,1-4H3. The van der Waals surface area contributed by atoms with Crippen LogP contribution < -0.4 is 14.8 Å². The molecule has 4 rings (SSSR count). The molecule has 0 unspecified atom stereocenters. The fourth-order valence-electron chi connectivity index (χ4n) is 4.13. The van der Waals surface area contributed by atoms with Gasteiger partial charge in [0.1, 0.15) is 24.5 Å². The van der Waals surface area contributed by atoms with Gasteiger partial charge >= 0.3 is 6.09 Å². The normalized spacial score (nSPS) is 11.5. The highest BCUT2D eigenvalue weighted by Gasteiger charge is 2.34. The Labute approximate surface area is 251 Å². The van der Waals surface area contributed by atoms with Crippen molar-refractivity contribution < 1.29 is 27.8 Å². The molecule has 0 spiro atoms. The van der Waals surface area contributed by atoms with E-state index in [4.69, 9.17) is 14.2 Å². The summed E-state index contributed by atoms with van der Waals surface area (Å²) in [6.07, 6.45) is -1.32. The third-order valence-corrected chi connectivity index (χ3v) is 6.15. The Morgan fingerprint density at radius 2 is 1.37 bits per heavy atom. The van der Waals surface area contributed by atoms with E-state index in [1.807, 2.05) is 66.7 Å². The van der Waals surface area contributed by atoms with Gasteiger partial charge in [-0.2, -0.15) is 4.98 Å². The number of hydrogen-bond acceptors (Lipinski definition) is 6. The first kappa shape index (κ1) is 31.3. The Morgan fingerprint density at radius 1 is 0.791 bits per heavy atom. The minimum Gasteiger partial charge on any atom is -0.473 e. The summed E-state index contributed by atoms with van der Waals surface area (Å²) in [5.74, 6) is -2.39. The number of hydrogen-bond donors (Lipinski definition) is 1. The molecule has 7 nitrogen and oxygen atoms in total. The number of aromatic nitrogens is 1. The number of halogens is 2. The van der Waals surface area contributed by atoms with E-state index in [-0.39, 0.29) is 0 Å². The highest BCUT2D eigenvalue weighted by molar-refractivity contribution is 5.68. The lowest BCUT2D eigenvalue weighted by molar-refractivity contribution is -0.0360. The third-order valence-electron chi connectivity index (χ3n) is 6.15. The molecule has 43 heavy (non-hydrogen) atoms. The van der Waals surface area contributed by atoms with E-state index < -0.39 is 30.6 Å². The maximum Gasteiger partial charge on any atom is 0.410 e. The zero-order chi connectivity index (χ0) is 30.9. The highest BCUT2D eigenvalue weighted by Crippen LogP contribution is 2.30. The molecule has 0 saturated heterocycles. The third kappa shape index (κ3) is 10.3. The van der Waals surface area contributed by atoms with E-state index in [1.54, 1.807) is 51.1 Å². The first-order chi connectivity index (χ1) is 20.5. The molecular formula is C34H37F2N3O4. The van der Waals surface area contributed by atoms with Crippen molar-refractivity contribution in [3.8, 4) is 11.8 Å². The molecular weight excluding hydrogens is 552 g/mol. The molecule has 0 radical (unpaired) electrons. The molecule has 0 aliphatic heterocycles. The van der Waals surface area contributed by atoms with Gasteiger partial charge in [-0.25, -0.2) is 13.6 Å². The van der Waals surface area contributed by atoms with Gasteiger partial charge in [-0.05, 0) is 55.7 Å². The second-order valence-electron chi connectivity index (χ2n) is 11.2. The molecule has 3 aromatic carbocycles. The van der Waals surface area contributed by atoms with Crippen molar-refractivity contribution in [1.29, 1.82) is 0 Å². The number of nitrogens with one attached hydrogen (secondary N) is 1. The molecule has 226 valence electrons. The number of amides is 1. The topological polar surface area (TPSA) is 72.9 Å². The minimum atomic E-state index is -3.14. The van der Waals surface area contributed by atoms with Gasteiger partial charge in [-0.3, -0.25) is 0 Å². The molecule has 9 heteroatoms. The lowest BCUT2D eigenvalue weighted by Crippen LogP contribution is -2.42. The first-order valence-corrected chi connectivity index (χ1v) is 14.0. The molecule has 1 amide bonds. The highest BCUT2D eigenvalue weighted by atomic mass is 19.3. The first-order valence-electron chi connectivity index (χ1n) is 14.0. The van der Waals surface area contributed by atoms with Crippen molar-refractivity contribution >= 4 is 17.5 Å². The summed E-state index contributed by atoms with van der Waals surface area (Å²) >= 11 is 0. The van der Waals surface area contributed by atoms with E-state index in [2.05, 4.69) is 10.3 Å². The quantitative estimate of drug-likeness (QED) is 0.180. The van der Waals surface area contributed by atoms with Gasteiger partial charge in [0.15, 0.2) is 0 Å². The van der Waals surface area contributed by atoms with Gasteiger partial charge in [0, 0.05) is 25.2 Å². The van der Waals surface area contributed by atoms with Crippen LogP contribution in [0.1, 0.15) is 37.5 Å². The number of rotatable bonds is 12. The average molecular weight is 590 g/mol. The number of ether oxygens (including phenoxy) is 3. The number of carbonyl (C=O) groups is 1. The average Bonchev–Trinajstić information content (AvgIpc) is 2.96. The van der Waals surface area contributed by atoms with Crippen LogP contribution in [0, 0.1) is 0 Å². The van der Waals surface area contributed by atoms with Gasteiger partial charge in [-0.1, -0.05) is 72.8 Å². The molecule has 0 saturated carbocycles. The van der Waals surface area contributed by atoms with Gasteiger partial charge in [0.05, 0.1) is 6.54 Å². The molecule has 1 heterocycles. The van der Waals surface area contributed by atoms with Crippen LogP contribution in [0.4, 0.5) is 25.0 Å². The van der Waals surface area contributed by atoms with Crippen LogP contribution in [0.2, 0.25) is 0 Å². The van der Waals surface area contributed by atoms with Crippen molar-refractivity contribution in [3.63, 3.8) is 0 Å². The maximum atomic E-state index is 14.8. The summed E-state index contributed by atoms with van der Waals surface area (Å²) in [5.41, 5.74) is 2.92. The number of pyridine rings is 1. The Morgan fingerprint density at radius 3 is 1.95 bits per heavy atom. The predicted octanol–water partition coefficient (Wildman–Crippen LogP) is 8.03. The SMILES string of the molecule is CN(CC(F)(F)Cc1ccc(Nc2ccc(OCc3ccccc3)nc2OCc2ccccc2)cc1)C(=O)OC(C)(C)C. The second-order valence-corrected chi connectivity index (χ2v) is 11.2. The Kier molecular flexibility index (Phi) is 10.2. The number of carbonyl (C=O) groups excluding carboxylic acids is 1. The summed E-state index contributed by atoms with van der Waals surface area (Å²) in [5, 5.41) is 3.27. The van der Waals surface area contributed by atoms with E-state index in [0.717, 1.165) is 16.0 Å². The van der Waals surface area contributed by atoms with Crippen molar-refractivity contribution in [3.05, 3.63) is 114 Å². The van der Waals surface area contributed by atoms with Crippen molar-refractivity contribution in [2.45, 2.75) is 51.9 Å². The number of alkyl halides is 2. The van der Waals surface area contributed by atoms with E-state index >= 15 is 0 Å². The fourth-order valence-corrected chi connectivity index (χ4v) is 4.13. The van der Waals surface area contributed by atoms with Crippen molar-refractivity contribution in [2.75, 3.05) is 18.9 Å². The second kappa shape index (κ2) is 14.0. The van der Waals surface area contributed by atoms with Crippen LogP contribution in [0.3, 0.4) is 0 Å². The molecule has 0 fully saturated rings. The molecule has 4 aromatic rings. The zero-order valence-electron chi connectivity index (χ0n) is 24.8. The number of benzene rings is 3. The van der Waals surface area contributed by atoms with Gasteiger partial charge in [0.2, 0.25) is 11.8 Å². The van der Waals surface area contributed by atoms with Crippen LogP contribution in [0.5, 0.6) is 11.8 Å². The van der Waals surface area contributed by atoms with Crippen molar-refractivity contribution in [2.24, 2.45) is 0 Å². The zero-order valence-corrected chi connectivity index (χ0v) is 24.8. The Balaban J connectivity index is 1.42. The van der Waals surface area contributed by atoms with E-state index in [0.29, 0.717) is 41.9 Å². The Bertz CT molecular complexity index is 1460.